The van der Waals surface area contributed by atoms with E-state index in [0.29, 0.717) is 6.42 Å². The molecule has 0 fully saturated rings. The molecule has 2 aromatic rings. The summed E-state index contributed by atoms with van der Waals surface area (Å²) in [6.45, 7) is 2.04. The molecule has 4 heteroatoms. The van der Waals surface area contributed by atoms with Gasteiger partial charge in [-0.25, -0.2) is 4.98 Å². The van der Waals surface area contributed by atoms with E-state index in [0.717, 1.165) is 49.3 Å². The van der Waals surface area contributed by atoms with Crippen molar-refractivity contribution in [1.29, 1.82) is 0 Å². The Labute approximate surface area is 138 Å². The lowest BCUT2D eigenvalue weighted by Gasteiger charge is -2.03. The first kappa shape index (κ1) is 17.3. The maximum atomic E-state index is 10.4. The van der Waals surface area contributed by atoms with E-state index < -0.39 is 5.97 Å². The predicted octanol–water partition coefficient (Wildman–Crippen LogP) is 4.54. The molecule has 0 saturated carbocycles. The van der Waals surface area contributed by atoms with E-state index >= 15 is 0 Å². The van der Waals surface area contributed by atoms with Gasteiger partial charge in [0.1, 0.15) is 5.82 Å². The molecular weight excluding hydrogens is 288 g/mol. The number of aliphatic carboxylic acids is 1. The Hall–Kier alpha value is -2.10. The first-order chi connectivity index (χ1) is 11.2. The van der Waals surface area contributed by atoms with Crippen LogP contribution in [0.4, 0.5) is 0 Å². The molecule has 4 nitrogen and oxygen atoms in total. The van der Waals surface area contributed by atoms with E-state index in [1.807, 2.05) is 25.1 Å². The number of aromatic nitrogens is 2. The summed E-state index contributed by atoms with van der Waals surface area (Å²) < 4.78 is 2.14. The molecule has 0 saturated heterocycles. The van der Waals surface area contributed by atoms with Gasteiger partial charge < -0.3 is 9.67 Å². The van der Waals surface area contributed by atoms with Crippen LogP contribution in [-0.4, -0.2) is 20.6 Å². The van der Waals surface area contributed by atoms with Gasteiger partial charge in [0, 0.05) is 18.3 Å². The molecule has 23 heavy (non-hydrogen) atoms. The Balaban J connectivity index is 1.68. The zero-order chi connectivity index (χ0) is 16.5. The molecule has 0 radical (unpaired) electrons. The SMILES string of the molecule is Cc1nc(CCCCCCCCC(=O)O)cn1-c1ccccc1. The third-order valence-corrected chi connectivity index (χ3v) is 4.04. The average molecular weight is 314 g/mol. The van der Waals surface area contributed by atoms with Crippen molar-refractivity contribution >= 4 is 5.97 Å². The second-order valence-electron chi connectivity index (χ2n) is 6.00. The predicted molar refractivity (Wildman–Crippen MR) is 92.0 cm³/mol. The normalized spacial score (nSPS) is 10.8. The van der Waals surface area contributed by atoms with Crippen molar-refractivity contribution in [2.75, 3.05) is 0 Å². The molecule has 0 unspecified atom stereocenters. The van der Waals surface area contributed by atoms with Crippen LogP contribution in [0.1, 0.15) is 56.5 Å². The molecule has 0 aliphatic heterocycles. The topological polar surface area (TPSA) is 55.1 Å². The van der Waals surface area contributed by atoms with Crippen LogP contribution >= 0.6 is 0 Å². The van der Waals surface area contributed by atoms with Crippen LogP contribution in [0, 0.1) is 6.92 Å². The fourth-order valence-corrected chi connectivity index (χ4v) is 2.79. The van der Waals surface area contributed by atoms with Gasteiger partial charge in [-0.15, -0.1) is 0 Å². The van der Waals surface area contributed by atoms with Gasteiger partial charge in [0.25, 0.3) is 0 Å². The number of carboxylic acids is 1. The number of aryl methyl sites for hydroxylation is 2. The zero-order valence-electron chi connectivity index (χ0n) is 13.9. The molecule has 0 amide bonds. The van der Waals surface area contributed by atoms with Gasteiger partial charge >= 0.3 is 5.97 Å². The minimum atomic E-state index is -0.686. The first-order valence-electron chi connectivity index (χ1n) is 8.49. The van der Waals surface area contributed by atoms with Crippen molar-refractivity contribution < 1.29 is 9.90 Å². The Bertz CT molecular complexity index is 605. The number of imidazole rings is 1. The fraction of sp³-hybridized carbons (Fsp3) is 0.474. The summed E-state index contributed by atoms with van der Waals surface area (Å²) in [4.78, 5) is 15.1. The molecule has 124 valence electrons. The highest BCUT2D eigenvalue weighted by Crippen LogP contribution is 2.14. The van der Waals surface area contributed by atoms with Crippen molar-refractivity contribution in [2.45, 2.75) is 58.3 Å². The molecule has 2 rings (SSSR count). The van der Waals surface area contributed by atoms with Crippen LogP contribution in [0.5, 0.6) is 0 Å². The Morgan fingerprint density at radius 3 is 2.39 bits per heavy atom. The van der Waals surface area contributed by atoms with Gasteiger partial charge in [-0.05, 0) is 38.3 Å². The van der Waals surface area contributed by atoms with Gasteiger partial charge in [0.2, 0.25) is 0 Å². The van der Waals surface area contributed by atoms with Crippen LogP contribution in [0.25, 0.3) is 5.69 Å². The zero-order valence-corrected chi connectivity index (χ0v) is 13.9. The summed E-state index contributed by atoms with van der Waals surface area (Å²) in [7, 11) is 0. The molecule has 1 heterocycles. The molecule has 0 aliphatic rings. The van der Waals surface area contributed by atoms with Crippen molar-refractivity contribution in [3.05, 3.63) is 48.0 Å². The van der Waals surface area contributed by atoms with Crippen LogP contribution < -0.4 is 0 Å². The molecule has 0 bridgehead atoms. The molecular formula is C19H26N2O2. The van der Waals surface area contributed by atoms with Gasteiger partial charge in [0.15, 0.2) is 0 Å². The maximum Gasteiger partial charge on any atom is 0.303 e. The highest BCUT2D eigenvalue weighted by atomic mass is 16.4. The summed E-state index contributed by atoms with van der Waals surface area (Å²) in [5.41, 5.74) is 2.31. The second kappa shape index (κ2) is 9.13. The largest absolute Gasteiger partial charge is 0.481 e. The molecule has 0 atom stereocenters. The number of rotatable bonds is 10. The maximum absolute atomic E-state index is 10.4. The molecule has 1 aromatic carbocycles. The summed E-state index contributed by atoms with van der Waals surface area (Å²) in [5, 5.41) is 8.58. The number of hydrogen-bond donors (Lipinski definition) is 1. The Morgan fingerprint density at radius 2 is 1.70 bits per heavy atom. The third kappa shape index (κ3) is 5.89. The summed E-state index contributed by atoms with van der Waals surface area (Å²) in [5.74, 6) is 0.342. The lowest BCUT2D eigenvalue weighted by atomic mass is 10.1. The van der Waals surface area contributed by atoms with Crippen LogP contribution in [0.2, 0.25) is 0 Å². The lowest BCUT2D eigenvalue weighted by Crippen LogP contribution is -1.94. The van der Waals surface area contributed by atoms with E-state index in [2.05, 4.69) is 27.9 Å². The third-order valence-electron chi connectivity index (χ3n) is 4.04. The Kier molecular flexibility index (Phi) is 6.85. The number of hydrogen-bond acceptors (Lipinski definition) is 2. The van der Waals surface area contributed by atoms with Gasteiger partial charge in [-0.3, -0.25) is 4.79 Å². The quantitative estimate of drug-likeness (QED) is 0.655. The van der Waals surface area contributed by atoms with Crippen LogP contribution in [0.3, 0.4) is 0 Å². The summed E-state index contributed by atoms with van der Waals surface area (Å²) >= 11 is 0. The summed E-state index contributed by atoms with van der Waals surface area (Å²) in [6.07, 6.45) is 9.91. The van der Waals surface area contributed by atoms with E-state index in [1.165, 1.54) is 12.8 Å². The average Bonchev–Trinajstić information content (AvgIpc) is 2.91. The molecule has 0 spiro atoms. The van der Waals surface area contributed by atoms with Crippen molar-refractivity contribution in [2.24, 2.45) is 0 Å². The minimum Gasteiger partial charge on any atom is -0.481 e. The highest BCUT2D eigenvalue weighted by Gasteiger charge is 2.05. The monoisotopic (exact) mass is 314 g/mol. The van der Waals surface area contributed by atoms with E-state index in [1.54, 1.807) is 0 Å². The van der Waals surface area contributed by atoms with Crippen molar-refractivity contribution in [3.8, 4) is 5.69 Å². The number of carbonyl (C=O) groups is 1. The number of carboxylic acid groups (broad SMARTS) is 1. The van der Waals surface area contributed by atoms with Gasteiger partial charge in [-0.1, -0.05) is 43.9 Å². The first-order valence-corrected chi connectivity index (χ1v) is 8.49. The standard InChI is InChI=1S/C19H26N2O2/c1-16-20-17(15-21(16)18-12-8-6-9-13-18)11-7-4-2-3-5-10-14-19(22)23/h6,8-9,12-13,15H,2-5,7,10-11,14H2,1H3,(H,22,23). The van der Waals surface area contributed by atoms with E-state index in [4.69, 9.17) is 5.11 Å². The number of benzene rings is 1. The fourth-order valence-electron chi connectivity index (χ4n) is 2.79. The van der Waals surface area contributed by atoms with Crippen molar-refractivity contribution in [1.82, 2.24) is 9.55 Å². The molecule has 1 N–H and O–H groups in total. The highest BCUT2D eigenvalue weighted by molar-refractivity contribution is 5.66. The van der Waals surface area contributed by atoms with Crippen LogP contribution in [0.15, 0.2) is 36.5 Å². The van der Waals surface area contributed by atoms with Crippen molar-refractivity contribution in [3.63, 3.8) is 0 Å². The van der Waals surface area contributed by atoms with Gasteiger partial charge in [0.05, 0.1) is 5.69 Å². The second-order valence-corrected chi connectivity index (χ2v) is 6.00. The van der Waals surface area contributed by atoms with Gasteiger partial charge in [-0.2, -0.15) is 0 Å². The number of para-hydroxylation sites is 1. The van der Waals surface area contributed by atoms with E-state index in [9.17, 15) is 4.79 Å². The molecule has 1 aromatic heterocycles. The summed E-state index contributed by atoms with van der Waals surface area (Å²) in [6, 6.07) is 10.3. The van der Waals surface area contributed by atoms with E-state index in [-0.39, 0.29) is 0 Å². The minimum absolute atomic E-state index is 0.302. The number of nitrogens with zero attached hydrogens (tertiary/aromatic N) is 2. The van der Waals surface area contributed by atoms with Crippen LogP contribution in [-0.2, 0) is 11.2 Å². The smallest absolute Gasteiger partial charge is 0.303 e. The lowest BCUT2D eigenvalue weighted by molar-refractivity contribution is -0.137. The Morgan fingerprint density at radius 1 is 1.04 bits per heavy atom. The molecule has 0 aliphatic carbocycles. The number of unbranched alkanes of at least 4 members (excludes halogenated alkanes) is 5.